The van der Waals surface area contributed by atoms with Gasteiger partial charge >= 0.3 is 5.97 Å². The van der Waals surface area contributed by atoms with Crippen LogP contribution in [0.3, 0.4) is 0 Å². The molecular weight excluding hydrogens is 252 g/mol. The summed E-state index contributed by atoms with van der Waals surface area (Å²) in [6.07, 6.45) is 3.99. The summed E-state index contributed by atoms with van der Waals surface area (Å²) in [5.41, 5.74) is 0. The quantitative estimate of drug-likeness (QED) is 0.475. The topological polar surface area (TPSA) is 60.4 Å². The van der Waals surface area contributed by atoms with Crippen LogP contribution >= 0.6 is 11.3 Å². The van der Waals surface area contributed by atoms with E-state index in [4.69, 9.17) is 4.74 Å². The van der Waals surface area contributed by atoms with E-state index in [0.29, 0.717) is 0 Å². The number of esters is 1. The van der Waals surface area contributed by atoms with Crippen molar-refractivity contribution in [3.8, 4) is 0 Å². The van der Waals surface area contributed by atoms with E-state index in [1.54, 1.807) is 6.08 Å². The molecule has 5 heteroatoms. The molecule has 1 atom stereocenters. The molecule has 1 aliphatic heterocycles. The Morgan fingerprint density at radius 3 is 2.83 bits per heavy atom. The SMILES string of the molecule is CC1=CC(=O)[C@@H](C(=O)/C=C/c2cccs2)C(=O)O1. The number of ether oxygens (including phenoxy) is 1. The number of rotatable bonds is 3. The first kappa shape index (κ1) is 12.4. The van der Waals surface area contributed by atoms with Crippen molar-refractivity contribution < 1.29 is 19.1 Å². The van der Waals surface area contributed by atoms with Gasteiger partial charge in [-0.1, -0.05) is 6.07 Å². The van der Waals surface area contributed by atoms with Crippen LogP contribution in [0.4, 0.5) is 0 Å². The molecule has 2 heterocycles. The number of carbonyl (C=O) groups excluding carboxylic acids is 3. The number of hydrogen-bond acceptors (Lipinski definition) is 5. The van der Waals surface area contributed by atoms with Crippen LogP contribution in [-0.2, 0) is 19.1 Å². The molecule has 1 aromatic heterocycles. The lowest BCUT2D eigenvalue weighted by molar-refractivity contribution is -0.151. The smallest absolute Gasteiger partial charge is 0.329 e. The van der Waals surface area contributed by atoms with E-state index in [2.05, 4.69) is 0 Å². The summed E-state index contributed by atoms with van der Waals surface area (Å²) in [6, 6.07) is 3.68. The highest BCUT2D eigenvalue weighted by atomic mass is 32.1. The summed E-state index contributed by atoms with van der Waals surface area (Å²) >= 11 is 1.46. The normalized spacial score (nSPS) is 19.8. The maximum atomic E-state index is 11.8. The summed E-state index contributed by atoms with van der Waals surface area (Å²) in [5.74, 6) is -3.02. The summed E-state index contributed by atoms with van der Waals surface area (Å²) in [4.78, 5) is 35.7. The third-order valence-electron chi connectivity index (χ3n) is 2.37. The first-order chi connectivity index (χ1) is 8.58. The van der Waals surface area contributed by atoms with Gasteiger partial charge in [0, 0.05) is 11.0 Å². The maximum Gasteiger partial charge on any atom is 0.329 e. The molecule has 0 radical (unpaired) electrons. The van der Waals surface area contributed by atoms with E-state index in [9.17, 15) is 14.4 Å². The Kier molecular flexibility index (Phi) is 3.53. The average Bonchev–Trinajstić information content (AvgIpc) is 2.77. The molecule has 0 spiro atoms. The van der Waals surface area contributed by atoms with Gasteiger partial charge in [0.05, 0.1) is 0 Å². The minimum absolute atomic E-state index is 0.219. The molecule has 0 bridgehead atoms. The Hall–Kier alpha value is -2.01. The number of ketones is 2. The van der Waals surface area contributed by atoms with Gasteiger partial charge in [-0.3, -0.25) is 14.4 Å². The molecule has 0 saturated heterocycles. The van der Waals surface area contributed by atoms with Crippen molar-refractivity contribution >= 4 is 34.9 Å². The van der Waals surface area contributed by atoms with E-state index in [-0.39, 0.29) is 5.76 Å². The van der Waals surface area contributed by atoms with E-state index in [1.807, 2.05) is 17.5 Å². The zero-order chi connectivity index (χ0) is 13.1. The van der Waals surface area contributed by atoms with Crippen LogP contribution in [0.25, 0.3) is 6.08 Å². The van der Waals surface area contributed by atoms with Crippen LogP contribution in [-0.4, -0.2) is 17.5 Å². The van der Waals surface area contributed by atoms with E-state index >= 15 is 0 Å². The number of carbonyl (C=O) groups is 3. The second-order valence-corrected chi connectivity index (χ2v) is 4.74. The van der Waals surface area contributed by atoms with Gasteiger partial charge in [0.2, 0.25) is 0 Å². The highest BCUT2D eigenvalue weighted by Crippen LogP contribution is 2.17. The zero-order valence-corrected chi connectivity index (χ0v) is 10.4. The molecule has 0 N–H and O–H groups in total. The molecule has 2 rings (SSSR count). The Labute approximate surface area is 108 Å². The van der Waals surface area contributed by atoms with Gasteiger partial charge < -0.3 is 4.74 Å². The van der Waals surface area contributed by atoms with Crippen molar-refractivity contribution in [3.05, 3.63) is 40.3 Å². The van der Waals surface area contributed by atoms with E-state index in [1.165, 1.54) is 30.4 Å². The van der Waals surface area contributed by atoms with Gasteiger partial charge in [0.1, 0.15) is 5.76 Å². The van der Waals surface area contributed by atoms with Crippen molar-refractivity contribution in [3.63, 3.8) is 0 Å². The highest BCUT2D eigenvalue weighted by molar-refractivity contribution is 7.10. The monoisotopic (exact) mass is 262 g/mol. The summed E-state index contributed by atoms with van der Waals surface area (Å²) in [5, 5.41) is 1.87. The average molecular weight is 262 g/mol. The molecule has 92 valence electrons. The van der Waals surface area contributed by atoms with Crippen LogP contribution in [0.1, 0.15) is 11.8 Å². The third kappa shape index (κ3) is 2.62. The number of cyclic esters (lactones) is 1. The Morgan fingerprint density at radius 1 is 1.44 bits per heavy atom. The van der Waals surface area contributed by atoms with Gasteiger partial charge in [-0.05, 0) is 30.5 Å². The van der Waals surface area contributed by atoms with Gasteiger partial charge in [0.15, 0.2) is 17.5 Å². The minimum Gasteiger partial charge on any atom is -0.430 e. The fraction of sp³-hybridized carbons (Fsp3) is 0.154. The van der Waals surface area contributed by atoms with Gasteiger partial charge in [-0.15, -0.1) is 11.3 Å². The van der Waals surface area contributed by atoms with E-state index in [0.717, 1.165) is 4.88 Å². The number of hydrogen-bond donors (Lipinski definition) is 0. The van der Waals surface area contributed by atoms with Gasteiger partial charge in [0.25, 0.3) is 0 Å². The van der Waals surface area contributed by atoms with Crippen molar-refractivity contribution in [1.29, 1.82) is 0 Å². The first-order valence-electron chi connectivity index (χ1n) is 5.27. The molecule has 0 aliphatic carbocycles. The second kappa shape index (κ2) is 5.10. The minimum atomic E-state index is -1.36. The van der Waals surface area contributed by atoms with Gasteiger partial charge in [-0.25, -0.2) is 0 Å². The molecular formula is C13H10O4S. The number of allylic oxidation sites excluding steroid dienone is 3. The fourth-order valence-electron chi connectivity index (χ4n) is 1.55. The third-order valence-corrected chi connectivity index (χ3v) is 3.20. The Balaban J connectivity index is 2.14. The molecule has 0 unspecified atom stereocenters. The molecule has 18 heavy (non-hydrogen) atoms. The van der Waals surface area contributed by atoms with Crippen LogP contribution in [0.2, 0.25) is 0 Å². The lowest BCUT2D eigenvalue weighted by Gasteiger charge is -2.15. The van der Waals surface area contributed by atoms with Crippen LogP contribution < -0.4 is 0 Å². The lowest BCUT2D eigenvalue weighted by Crippen LogP contribution is -2.34. The van der Waals surface area contributed by atoms with E-state index < -0.39 is 23.5 Å². The lowest BCUT2D eigenvalue weighted by atomic mass is 9.96. The predicted octanol–water partition coefficient (Wildman–Crippen LogP) is 1.98. The predicted molar refractivity (Wildman–Crippen MR) is 66.7 cm³/mol. The van der Waals surface area contributed by atoms with Crippen LogP contribution in [0.15, 0.2) is 35.4 Å². The zero-order valence-electron chi connectivity index (χ0n) is 9.58. The van der Waals surface area contributed by atoms with Crippen molar-refractivity contribution in [2.45, 2.75) is 6.92 Å². The Morgan fingerprint density at radius 2 is 2.22 bits per heavy atom. The maximum absolute atomic E-state index is 11.8. The summed E-state index contributed by atoms with van der Waals surface area (Å²) < 4.78 is 4.78. The van der Waals surface area contributed by atoms with Crippen LogP contribution in [0.5, 0.6) is 0 Å². The molecule has 0 aromatic carbocycles. The molecule has 1 aliphatic rings. The number of thiophene rings is 1. The molecule has 0 fully saturated rings. The Bertz CT molecular complexity index is 552. The van der Waals surface area contributed by atoms with Crippen LogP contribution in [0, 0.1) is 5.92 Å². The fourth-order valence-corrected chi connectivity index (χ4v) is 2.17. The largest absolute Gasteiger partial charge is 0.430 e. The highest BCUT2D eigenvalue weighted by Gasteiger charge is 2.36. The second-order valence-electron chi connectivity index (χ2n) is 3.76. The molecule has 0 saturated carbocycles. The first-order valence-corrected chi connectivity index (χ1v) is 6.15. The molecule has 1 aromatic rings. The summed E-state index contributed by atoms with van der Waals surface area (Å²) in [7, 11) is 0. The standard InChI is InChI=1S/C13H10O4S/c1-8-7-11(15)12(13(16)17-8)10(14)5-4-9-3-2-6-18-9/h2-7,12H,1H3/b5-4+/t12-/m1/s1. The molecule has 0 amide bonds. The van der Waals surface area contributed by atoms with Crippen molar-refractivity contribution in [2.24, 2.45) is 5.92 Å². The van der Waals surface area contributed by atoms with Crippen molar-refractivity contribution in [2.75, 3.05) is 0 Å². The molecule has 4 nitrogen and oxygen atoms in total. The summed E-state index contributed by atoms with van der Waals surface area (Å²) in [6.45, 7) is 1.50. The van der Waals surface area contributed by atoms with Gasteiger partial charge in [-0.2, -0.15) is 0 Å². The van der Waals surface area contributed by atoms with Crippen molar-refractivity contribution in [1.82, 2.24) is 0 Å².